The summed E-state index contributed by atoms with van der Waals surface area (Å²) in [6, 6.07) is 89.4. The van der Waals surface area contributed by atoms with Crippen LogP contribution in [-0.2, 0) is 5.41 Å². The molecule has 0 saturated heterocycles. The Morgan fingerprint density at radius 1 is 0.357 bits per heavy atom. The molecular weight excluding hydrogens is 845 g/mol. The molecule has 0 N–H and O–H groups in total. The van der Waals surface area contributed by atoms with Crippen molar-refractivity contribution < 1.29 is 0 Å². The molecular formula is C68H48N2. The van der Waals surface area contributed by atoms with Gasteiger partial charge in [0.2, 0.25) is 0 Å². The van der Waals surface area contributed by atoms with Crippen molar-refractivity contribution >= 4 is 39.7 Å². The fraction of sp³-hybridized carbons (Fsp3) is 0.0294. The average Bonchev–Trinajstić information content (AvgIpc) is 3.63. The lowest BCUT2D eigenvalue weighted by molar-refractivity contribution is 0.647. The summed E-state index contributed by atoms with van der Waals surface area (Å²) in [7, 11) is 0. The molecule has 2 heteroatoms. The Hall–Kier alpha value is -8.98. The van der Waals surface area contributed by atoms with Crippen LogP contribution >= 0.6 is 0 Å². The van der Waals surface area contributed by atoms with Crippen LogP contribution in [0.1, 0.15) is 28.7 Å². The molecule has 2 nitrogen and oxygen atoms in total. The van der Waals surface area contributed by atoms with E-state index in [4.69, 9.17) is 0 Å². The van der Waals surface area contributed by atoms with E-state index in [1.54, 1.807) is 0 Å². The maximum Gasteiger partial charge on any atom is 0.0542 e. The van der Waals surface area contributed by atoms with E-state index < -0.39 is 5.41 Å². The quantitative estimate of drug-likeness (QED) is 0.170. The van der Waals surface area contributed by atoms with E-state index in [0.717, 1.165) is 51.7 Å². The molecule has 1 unspecified atom stereocenters. The summed E-state index contributed by atoms with van der Waals surface area (Å²) in [6.07, 6.45) is 9.63. The van der Waals surface area contributed by atoms with E-state index in [2.05, 4.69) is 283 Å². The van der Waals surface area contributed by atoms with Gasteiger partial charge in [-0.15, -0.1) is 0 Å². The summed E-state index contributed by atoms with van der Waals surface area (Å²) in [5.74, 6) is 0. The molecule has 10 aromatic carbocycles. The lowest BCUT2D eigenvalue weighted by Crippen LogP contribution is -2.27. The van der Waals surface area contributed by atoms with Gasteiger partial charge in [-0.2, -0.15) is 0 Å². The van der Waals surface area contributed by atoms with Gasteiger partial charge in [0.1, 0.15) is 0 Å². The zero-order chi connectivity index (χ0) is 46.6. The Morgan fingerprint density at radius 2 is 0.829 bits per heavy atom. The molecule has 1 spiro atoms. The van der Waals surface area contributed by atoms with Crippen molar-refractivity contribution in [3.05, 3.63) is 296 Å². The highest BCUT2D eigenvalue weighted by Crippen LogP contribution is 2.58. The number of allylic oxidation sites excluding steroid dienone is 5. The summed E-state index contributed by atoms with van der Waals surface area (Å²) < 4.78 is 0. The molecule has 0 fully saturated rings. The molecule has 0 radical (unpaired) electrons. The van der Waals surface area contributed by atoms with E-state index in [1.165, 1.54) is 72.3 Å². The van der Waals surface area contributed by atoms with E-state index in [9.17, 15) is 0 Å². The first-order valence-electron chi connectivity index (χ1n) is 24.3. The number of fused-ring (bicyclic) bond motifs is 14. The SMILES string of the molecule is C=C1/C=C\C=C/CC2(c3ccccc3-c3ccccc31)c1ccccc1-c1cc(N(c3ccc(-c4ccccc4)cc3)c3ccc4c(c3)-c3ccccc3-c3ccccc3N4c3ccccc3)ccc12. The minimum absolute atomic E-state index is 0.462. The fourth-order valence-corrected chi connectivity index (χ4v) is 11.6. The predicted molar refractivity (Wildman–Crippen MR) is 295 cm³/mol. The number of anilines is 6. The summed E-state index contributed by atoms with van der Waals surface area (Å²) in [4.78, 5) is 4.88. The van der Waals surface area contributed by atoms with Gasteiger partial charge in [-0.3, -0.25) is 0 Å². The van der Waals surface area contributed by atoms with Gasteiger partial charge in [-0.1, -0.05) is 213 Å². The van der Waals surface area contributed by atoms with Gasteiger partial charge >= 0.3 is 0 Å². The maximum atomic E-state index is 4.53. The number of hydrogen-bond donors (Lipinski definition) is 0. The van der Waals surface area contributed by atoms with Crippen LogP contribution in [0.25, 0.3) is 61.2 Å². The highest BCUT2D eigenvalue weighted by Gasteiger charge is 2.45. The van der Waals surface area contributed by atoms with Crippen molar-refractivity contribution in [3.8, 4) is 55.6 Å². The molecule has 10 aromatic rings. The van der Waals surface area contributed by atoms with Crippen molar-refractivity contribution in [1.82, 2.24) is 0 Å². The van der Waals surface area contributed by atoms with E-state index >= 15 is 0 Å². The van der Waals surface area contributed by atoms with E-state index in [0.29, 0.717) is 0 Å². The van der Waals surface area contributed by atoms with Crippen LogP contribution in [0, 0.1) is 0 Å². The molecule has 70 heavy (non-hydrogen) atoms. The molecule has 1 atom stereocenters. The first-order chi connectivity index (χ1) is 34.7. The first kappa shape index (κ1) is 41.2. The summed E-state index contributed by atoms with van der Waals surface area (Å²) in [5.41, 5.74) is 24.4. The number of rotatable bonds is 5. The van der Waals surface area contributed by atoms with Gasteiger partial charge < -0.3 is 9.80 Å². The first-order valence-corrected chi connectivity index (χ1v) is 24.3. The van der Waals surface area contributed by atoms with Gasteiger partial charge in [0, 0.05) is 33.9 Å². The number of benzene rings is 10. The summed E-state index contributed by atoms with van der Waals surface area (Å²) in [6.45, 7) is 4.53. The number of para-hydroxylation sites is 2. The minimum atomic E-state index is -0.462. The van der Waals surface area contributed by atoms with Crippen molar-refractivity contribution in [2.75, 3.05) is 9.80 Å². The Morgan fingerprint density at radius 3 is 1.53 bits per heavy atom. The van der Waals surface area contributed by atoms with Gasteiger partial charge in [0.15, 0.2) is 0 Å². The topological polar surface area (TPSA) is 6.48 Å². The van der Waals surface area contributed by atoms with Crippen LogP contribution in [0.3, 0.4) is 0 Å². The number of hydrogen-bond acceptors (Lipinski definition) is 2. The van der Waals surface area contributed by atoms with Crippen molar-refractivity contribution in [2.24, 2.45) is 0 Å². The van der Waals surface area contributed by atoms with Crippen LogP contribution in [0.15, 0.2) is 274 Å². The average molecular weight is 893 g/mol. The van der Waals surface area contributed by atoms with Crippen molar-refractivity contribution in [2.45, 2.75) is 11.8 Å². The second-order valence-electron chi connectivity index (χ2n) is 18.5. The molecule has 13 rings (SSSR count). The Labute approximate surface area is 410 Å². The lowest BCUT2D eigenvalue weighted by atomic mass is 9.67. The predicted octanol–water partition coefficient (Wildman–Crippen LogP) is 18.5. The van der Waals surface area contributed by atoms with Crippen LogP contribution in [0.5, 0.6) is 0 Å². The molecule has 330 valence electrons. The minimum Gasteiger partial charge on any atom is -0.310 e. The zero-order valence-electron chi connectivity index (χ0n) is 38.7. The van der Waals surface area contributed by atoms with Gasteiger partial charge in [0.05, 0.1) is 16.8 Å². The summed E-state index contributed by atoms with van der Waals surface area (Å²) in [5, 5.41) is 0. The van der Waals surface area contributed by atoms with Crippen molar-refractivity contribution in [1.29, 1.82) is 0 Å². The van der Waals surface area contributed by atoms with Gasteiger partial charge in [-0.05, 0) is 139 Å². The Bertz CT molecular complexity index is 3710. The smallest absolute Gasteiger partial charge is 0.0542 e. The Kier molecular flexibility index (Phi) is 9.99. The highest BCUT2D eigenvalue weighted by atomic mass is 15.2. The zero-order valence-corrected chi connectivity index (χ0v) is 38.7. The largest absolute Gasteiger partial charge is 0.310 e. The molecule has 1 heterocycles. The van der Waals surface area contributed by atoms with E-state index in [1.807, 2.05) is 0 Å². The maximum absolute atomic E-state index is 4.53. The molecule has 3 aliphatic rings. The van der Waals surface area contributed by atoms with Gasteiger partial charge in [0.25, 0.3) is 0 Å². The second kappa shape index (κ2) is 17.0. The van der Waals surface area contributed by atoms with Crippen LogP contribution in [0.2, 0.25) is 0 Å². The third-order valence-electron chi connectivity index (χ3n) is 14.7. The second-order valence-corrected chi connectivity index (χ2v) is 18.5. The molecule has 0 amide bonds. The highest BCUT2D eigenvalue weighted by molar-refractivity contribution is 6.04. The van der Waals surface area contributed by atoms with Crippen LogP contribution in [-0.4, -0.2) is 0 Å². The standard InChI is InChI=1S/C68H48N2/c1-47-21-5-4-20-44-68(63-33-17-14-30-58(63)55-27-11-10-26-54(47)55)64-34-18-15-31-59(64)61-45-52(40-42-65(61)68)69(51-38-36-49(37-39-51)48-22-6-2-7-23-48)53-41-43-67-62(46-53)57-29-13-12-28-56(57)60-32-16-19-35-66(60)70(67)50-24-8-3-9-25-50/h2-43,45-46H,1,44H2/b20-4-,21-5-. The molecule has 0 aromatic heterocycles. The molecule has 0 saturated carbocycles. The van der Waals surface area contributed by atoms with E-state index in [-0.39, 0.29) is 0 Å². The molecule has 0 bridgehead atoms. The summed E-state index contributed by atoms with van der Waals surface area (Å²) >= 11 is 0. The lowest BCUT2D eigenvalue weighted by Gasteiger charge is -2.35. The van der Waals surface area contributed by atoms with Crippen LogP contribution < -0.4 is 9.80 Å². The van der Waals surface area contributed by atoms with Gasteiger partial charge in [-0.25, -0.2) is 0 Å². The fourth-order valence-electron chi connectivity index (χ4n) is 11.6. The Balaban J connectivity index is 1.04. The third kappa shape index (κ3) is 6.64. The monoisotopic (exact) mass is 892 g/mol. The van der Waals surface area contributed by atoms with Crippen molar-refractivity contribution in [3.63, 3.8) is 0 Å². The molecule has 2 aliphatic carbocycles. The molecule has 1 aliphatic heterocycles. The van der Waals surface area contributed by atoms with Crippen LogP contribution in [0.4, 0.5) is 34.1 Å². The number of nitrogens with zero attached hydrogens (tertiary/aromatic N) is 2. The third-order valence-corrected chi connectivity index (χ3v) is 14.7. The normalized spacial score (nSPS) is 15.9.